The predicted octanol–water partition coefficient (Wildman–Crippen LogP) is 3.74. The van der Waals surface area contributed by atoms with Crippen LogP contribution in [0, 0.1) is 19.7 Å². The Morgan fingerprint density at radius 3 is 2.68 bits per heavy atom. The second-order valence-electron chi connectivity index (χ2n) is 7.04. The van der Waals surface area contributed by atoms with E-state index in [-0.39, 0.29) is 11.5 Å². The van der Waals surface area contributed by atoms with Crippen molar-refractivity contribution < 1.29 is 9.18 Å². The highest BCUT2D eigenvalue weighted by atomic mass is 19.1. The number of pyridine rings is 1. The minimum absolute atomic E-state index is 0.155. The average Bonchev–Trinajstić information content (AvgIpc) is 2.97. The summed E-state index contributed by atoms with van der Waals surface area (Å²) in [6.07, 6.45) is 0.403. The van der Waals surface area contributed by atoms with Crippen molar-refractivity contribution in [2.45, 2.75) is 20.3 Å². The monoisotopic (exact) mass is 377 g/mol. The Hall–Kier alpha value is -3.41. The molecule has 0 aliphatic heterocycles. The van der Waals surface area contributed by atoms with Gasteiger partial charge in [-0.05, 0) is 61.5 Å². The van der Waals surface area contributed by atoms with E-state index in [4.69, 9.17) is 0 Å². The number of amides is 1. The van der Waals surface area contributed by atoms with Gasteiger partial charge in [-0.25, -0.2) is 4.39 Å². The summed E-state index contributed by atoms with van der Waals surface area (Å²) in [4.78, 5) is 30.9. The molecular weight excluding hydrogens is 357 g/mol. The summed E-state index contributed by atoms with van der Waals surface area (Å²) in [6.45, 7) is 4.06. The highest BCUT2D eigenvalue weighted by molar-refractivity contribution is 6.08. The van der Waals surface area contributed by atoms with Crippen LogP contribution in [0.15, 0.2) is 47.3 Å². The Morgan fingerprint density at radius 2 is 1.86 bits per heavy atom. The molecule has 0 saturated carbocycles. The van der Waals surface area contributed by atoms with Crippen molar-refractivity contribution in [3.05, 3.63) is 81.0 Å². The number of hydrogen-bond acceptors (Lipinski definition) is 2. The van der Waals surface area contributed by atoms with Gasteiger partial charge in [0.25, 0.3) is 11.5 Å². The molecule has 2 heterocycles. The van der Waals surface area contributed by atoms with Crippen LogP contribution in [0.1, 0.15) is 27.2 Å². The number of carbonyl (C=O) groups is 1. The topological polar surface area (TPSA) is 77.8 Å². The molecule has 4 aromatic rings. The van der Waals surface area contributed by atoms with Crippen molar-refractivity contribution in [2.75, 3.05) is 6.54 Å². The zero-order chi connectivity index (χ0) is 19.8. The molecule has 0 aliphatic carbocycles. The lowest BCUT2D eigenvalue weighted by molar-refractivity contribution is 0.0955. The van der Waals surface area contributed by atoms with E-state index in [1.807, 2.05) is 31.2 Å². The highest BCUT2D eigenvalue weighted by Crippen LogP contribution is 2.23. The maximum Gasteiger partial charge on any atom is 0.253 e. The van der Waals surface area contributed by atoms with Gasteiger partial charge in [0, 0.05) is 34.2 Å². The number of H-pyrrole nitrogens is 2. The Balaban J connectivity index is 1.52. The fourth-order valence-electron chi connectivity index (χ4n) is 3.54. The third-order valence-corrected chi connectivity index (χ3v) is 4.93. The Kier molecular flexibility index (Phi) is 4.47. The largest absolute Gasteiger partial charge is 0.358 e. The van der Waals surface area contributed by atoms with E-state index >= 15 is 0 Å². The molecule has 0 fully saturated rings. The summed E-state index contributed by atoms with van der Waals surface area (Å²) < 4.78 is 13.6. The third kappa shape index (κ3) is 3.29. The molecule has 0 unspecified atom stereocenters. The molecule has 0 saturated heterocycles. The predicted molar refractivity (Wildman–Crippen MR) is 108 cm³/mol. The van der Waals surface area contributed by atoms with Crippen LogP contribution in [0.4, 0.5) is 4.39 Å². The summed E-state index contributed by atoms with van der Waals surface area (Å²) in [7, 11) is 0. The number of fused-ring (bicyclic) bond motifs is 2. The summed E-state index contributed by atoms with van der Waals surface area (Å²) >= 11 is 0. The van der Waals surface area contributed by atoms with E-state index < -0.39 is 5.82 Å². The number of aryl methyl sites for hydroxylation is 2. The SMILES string of the molecule is Cc1ccc2cc(CCNC(=O)c3c(C)[nH]c4ccc(F)cc34)c(=O)[nH]c2c1. The fraction of sp³-hybridized carbons (Fsp3) is 0.182. The second kappa shape index (κ2) is 6.96. The number of halogens is 1. The van der Waals surface area contributed by atoms with Gasteiger partial charge in [-0.2, -0.15) is 0 Å². The van der Waals surface area contributed by atoms with Crippen molar-refractivity contribution >= 4 is 27.7 Å². The first-order chi connectivity index (χ1) is 13.4. The van der Waals surface area contributed by atoms with Gasteiger partial charge in [-0.3, -0.25) is 9.59 Å². The van der Waals surface area contributed by atoms with Crippen molar-refractivity contribution in [3.8, 4) is 0 Å². The maximum atomic E-state index is 13.6. The number of benzene rings is 2. The van der Waals surface area contributed by atoms with E-state index in [1.165, 1.54) is 12.1 Å². The van der Waals surface area contributed by atoms with Gasteiger partial charge in [-0.15, -0.1) is 0 Å². The molecule has 1 amide bonds. The molecule has 0 radical (unpaired) electrons. The van der Waals surface area contributed by atoms with Crippen LogP contribution < -0.4 is 10.9 Å². The second-order valence-corrected chi connectivity index (χ2v) is 7.04. The van der Waals surface area contributed by atoms with Gasteiger partial charge >= 0.3 is 0 Å². The molecule has 0 spiro atoms. The van der Waals surface area contributed by atoms with Crippen LogP contribution in [-0.2, 0) is 6.42 Å². The highest BCUT2D eigenvalue weighted by Gasteiger charge is 2.16. The summed E-state index contributed by atoms with van der Waals surface area (Å²) in [6, 6.07) is 12.1. The first kappa shape index (κ1) is 18.0. The normalized spacial score (nSPS) is 11.2. The molecular formula is C22H20FN3O2. The molecule has 3 N–H and O–H groups in total. The quantitative estimate of drug-likeness (QED) is 0.507. The minimum Gasteiger partial charge on any atom is -0.358 e. The molecule has 5 nitrogen and oxygen atoms in total. The summed E-state index contributed by atoms with van der Waals surface area (Å²) in [5, 5.41) is 4.34. The van der Waals surface area contributed by atoms with Crippen molar-refractivity contribution in [3.63, 3.8) is 0 Å². The van der Waals surface area contributed by atoms with Gasteiger partial charge < -0.3 is 15.3 Å². The van der Waals surface area contributed by atoms with Crippen molar-refractivity contribution in [2.24, 2.45) is 0 Å². The smallest absolute Gasteiger partial charge is 0.253 e. The lowest BCUT2D eigenvalue weighted by Gasteiger charge is -2.07. The number of nitrogens with one attached hydrogen (secondary N) is 3. The van der Waals surface area contributed by atoms with Gasteiger partial charge in [0.05, 0.1) is 5.56 Å². The standard InChI is InChI=1S/C22H20FN3O2/c1-12-3-4-14-10-15(21(27)26-19(14)9-12)7-8-24-22(28)20-13(2)25-18-6-5-16(23)11-17(18)20/h3-6,9-11,25H,7-8H2,1-2H3,(H,24,28)(H,26,27). The molecule has 0 bridgehead atoms. The van der Waals surface area contributed by atoms with Crippen molar-refractivity contribution in [1.29, 1.82) is 0 Å². The molecule has 2 aromatic heterocycles. The van der Waals surface area contributed by atoms with Gasteiger partial charge in [0.2, 0.25) is 0 Å². The van der Waals surface area contributed by atoms with Gasteiger partial charge in [0.15, 0.2) is 0 Å². The first-order valence-corrected chi connectivity index (χ1v) is 9.11. The van der Waals surface area contributed by atoms with Gasteiger partial charge in [0.1, 0.15) is 5.82 Å². The van der Waals surface area contributed by atoms with E-state index in [0.717, 1.165) is 16.5 Å². The van der Waals surface area contributed by atoms with Crippen LogP contribution >= 0.6 is 0 Å². The molecule has 28 heavy (non-hydrogen) atoms. The van der Waals surface area contributed by atoms with E-state index in [1.54, 1.807) is 13.0 Å². The molecule has 0 aliphatic rings. The summed E-state index contributed by atoms with van der Waals surface area (Å²) in [5.41, 5.74) is 4.15. The lowest BCUT2D eigenvalue weighted by Crippen LogP contribution is -2.27. The Morgan fingerprint density at radius 1 is 1.04 bits per heavy atom. The number of hydrogen-bond donors (Lipinski definition) is 3. The van der Waals surface area contributed by atoms with E-state index in [2.05, 4.69) is 15.3 Å². The van der Waals surface area contributed by atoms with Crippen LogP contribution in [0.3, 0.4) is 0 Å². The van der Waals surface area contributed by atoms with Crippen LogP contribution in [0.25, 0.3) is 21.8 Å². The number of carbonyl (C=O) groups excluding carboxylic acids is 1. The van der Waals surface area contributed by atoms with Crippen LogP contribution in [0.2, 0.25) is 0 Å². The van der Waals surface area contributed by atoms with E-state index in [0.29, 0.717) is 40.7 Å². The Labute approximate surface area is 160 Å². The zero-order valence-electron chi connectivity index (χ0n) is 15.7. The zero-order valence-corrected chi connectivity index (χ0v) is 15.7. The number of rotatable bonds is 4. The van der Waals surface area contributed by atoms with Crippen molar-refractivity contribution in [1.82, 2.24) is 15.3 Å². The molecule has 0 atom stereocenters. The third-order valence-electron chi connectivity index (χ3n) is 4.93. The Bertz CT molecular complexity index is 1270. The maximum absolute atomic E-state index is 13.6. The molecule has 142 valence electrons. The first-order valence-electron chi connectivity index (χ1n) is 9.11. The van der Waals surface area contributed by atoms with E-state index in [9.17, 15) is 14.0 Å². The molecule has 4 rings (SSSR count). The number of aromatic nitrogens is 2. The van der Waals surface area contributed by atoms with Gasteiger partial charge in [-0.1, -0.05) is 12.1 Å². The average molecular weight is 377 g/mol. The van der Waals surface area contributed by atoms with Crippen LogP contribution in [-0.4, -0.2) is 22.4 Å². The number of aromatic amines is 2. The fourth-order valence-corrected chi connectivity index (χ4v) is 3.54. The molecule has 6 heteroatoms. The lowest BCUT2D eigenvalue weighted by atomic mass is 10.1. The van der Waals surface area contributed by atoms with Crippen LogP contribution in [0.5, 0.6) is 0 Å². The minimum atomic E-state index is -0.390. The summed E-state index contributed by atoms with van der Waals surface area (Å²) in [5.74, 6) is -0.680. The molecule has 2 aromatic carbocycles.